The van der Waals surface area contributed by atoms with E-state index >= 15 is 0 Å². The molecule has 0 saturated carbocycles. The summed E-state index contributed by atoms with van der Waals surface area (Å²) in [7, 11) is -3.70. The molecule has 0 bridgehead atoms. The Morgan fingerprint density at radius 2 is 1.81 bits per heavy atom. The Morgan fingerprint density at radius 1 is 1.06 bits per heavy atom. The van der Waals surface area contributed by atoms with E-state index in [4.69, 9.17) is 4.74 Å². The lowest BCUT2D eigenvalue weighted by atomic mass is 10.0. The first kappa shape index (κ1) is 22.2. The van der Waals surface area contributed by atoms with E-state index in [0.29, 0.717) is 42.0 Å². The zero-order chi connectivity index (χ0) is 22.7. The summed E-state index contributed by atoms with van der Waals surface area (Å²) in [6.07, 6.45) is 3.70. The summed E-state index contributed by atoms with van der Waals surface area (Å²) in [5.41, 5.74) is 1.65. The highest BCUT2D eigenvalue weighted by molar-refractivity contribution is 7.89. The van der Waals surface area contributed by atoms with Gasteiger partial charge >= 0.3 is 5.97 Å². The number of rotatable bonds is 6. The second kappa shape index (κ2) is 9.26. The van der Waals surface area contributed by atoms with Crippen molar-refractivity contribution in [2.75, 3.05) is 19.7 Å². The number of pyridine rings is 1. The molecule has 0 unspecified atom stereocenters. The van der Waals surface area contributed by atoms with Gasteiger partial charge in [-0.1, -0.05) is 25.0 Å². The molecule has 0 atom stereocenters. The Hall–Kier alpha value is -2.97. The number of hydrogen-bond donors (Lipinski definition) is 1. The van der Waals surface area contributed by atoms with Crippen molar-refractivity contribution >= 4 is 26.9 Å². The Morgan fingerprint density at radius 3 is 2.50 bits per heavy atom. The van der Waals surface area contributed by atoms with Crippen LogP contribution in [0, 0.1) is 0 Å². The van der Waals surface area contributed by atoms with Crippen LogP contribution in [0.5, 0.6) is 5.75 Å². The van der Waals surface area contributed by atoms with Crippen molar-refractivity contribution in [3.63, 3.8) is 0 Å². The fraction of sp³-hybridized carbons (Fsp3) is 0.333. The van der Waals surface area contributed by atoms with Crippen LogP contribution in [0.3, 0.4) is 0 Å². The monoisotopic (exact) mass is 454 g/mol. The molecule has 2 aromatic carbocycles. The minimum absolute atomic E-state index is 0.0136. The predicted molar refractivity (Wildman–Crippen MR) is 123 cm³/mol. The van der Waals surface area contributed by atoms with E-state index < -0.39 is 16.0 Å². The summed E-state index contributed by atoms with van der Waals surface area (Å²) < 4.78 is 33.4. The molecule has 1 N–H and O–H groups in total. The number of sulfonamides is 1. The van der Waals surface area contributed by atoms with Crippen molar-refractivity contribution in [2.24, 2.45) is 0 Å². The molecule has 1 aromatic heterocycles. The van der Waals surface area contributed by atoms with Gasteiger partial charge in [-0.3, -0.25) is 0 Å². The quantitative estimate of drug-likeness (QED) is 0.586. The highest BCUT2D eigenvalue weighted by Crippen LogP contribution is 2.30. The zero-order valence-electron chi connectivity index (χ0n) is 18.0. The maximum absolute atomic E-state index is 13.2. The average molecular weight is 455 g/mol. The summed E-state index contributed by atoms with van der Waals surface area (Å²) in [4.78, 5) is 16.8. The third-order valence-corrected chi connectivity index (χ3v) is 7.55. The molecule has 0 radical (unpaired) electrons. The van der Waals surface area contributed by atoms with Crippen LogP contribution in [0.1, 0.15) is 43.0 Å². The van der Waals surface area contributed by atoms with Gasteiger partial charge < -0.3 is 9.84 Å². The number of carboxylic acid groups (broad SMARTS) is 1. The molecular formula is C24H26N2O5S. The number of aromatic carboxylic acids is 1. The number of benzene rings is 2. The van der Waals surface area contributed by atoms with Gasteiger partial charge in [0.2, 0.25) is 10.0 Å². The summed E-state index contributed by atoms with van der Waals surface area (Å²) >= 11 is 0. The van der Waals surface area contributed by atoms with E-state index in [1.807, 2.05) is 31.2 Å². The van der Waals surface area contributed by atoms with E-state index in [-0.39, 0.29) is 10.5 Å². The molecule has 8 heteroatoms. The van der Waals surface area contributed by atoms with Gasteiger partial charge in [-0.2, -0.15) is 4.31 Å². The zero-order valence-corrected chi connectivity index (χ0v) is 18.8. The summed E-state index contributed by atoms with van der Waals surface area (Å²) in [5, 5.41) is 10.2. The lowest BCUT2D eigenvalue weighted by Gasteiger charge is -2.20. The van der Waals surface area contributed by atoms with Gasteiger partial charge in [0.1, 0.15) is 5.75 Å². The molecule has 4 rings (SSSR count). The summed E-state index contributed by atoms with van der Waals surface area (Å²) in [6, 6.07) is 13.3. The van der Waals surface area contributed by atoms with Gasteiger partial charge in [-0.25, -0.2) is 18.2 Å². The van der Waals surface area contributed by atoms with Crippen LogP contribution in [-0.4, -0.2) is 48.5 Å². The first-order valence-corrected chi connectivity index (χ1v) is 12.3. The first-order valence-electron chi connectivity index (χ1n) is 10.8. The van der Waals surface area contributed by atoms with E-state index in [1.54, 1.807) is 6.07 Å². The maximum atomic E-state index is 13.2. The van der Waals surface area contributed by atoms with Gasteiger partial charge in [-0.15, -0.1) is 0 Å². The standard InChI is InChI=1S/C24H26N2O5S/c1-2-31-18-9-7-8-17(14-18)23-16-21(24(27)28)20-15-19(10-11-22(20)25-23)32(29,30)26-12-5-3-4-6-13-26/h7-11,14-16H,2-6,12-13H2,1H3,(H,27,28). The van der Waals surface area contributed by atoms with Crippen molar-refractivity contribution in [3.05, 3.63) is 54.1 Å². The number of nitrogens with zero attached hydrogens (tertiary/aromatic N) is 2. The molecule has 1 fully saturated rings. The molecule has 1 aliphatic rings. The number of carbonyl (C=O) groups is 1. The molecule has 7 nitrogen and oxygen atoms in total. The minimum Gasteiger partial charge on any atom is -0.494 e. The van der Waals surface area contributed by atoms with Crippen molar-refractivity contribution < 1.29 is 23.1 Å². The summed E-state index contributed by atoms with van der Waals surface area (Å²) in [6.45, 7) is 3.38. The van der Waals surface area contributed by atoms with Crippen LogP contribution in [-0.2, 0) is 10.0 Å². The van der Waals surface area contributed by atoms with E-state index in [9.17, 15) is 18.3 Å². The molecular weight excluding hydrogens is 428 g/mol. The Labute approximate surface area is 187 Å². The Balaban J connectivity index is 1.80. The van der Waals surface area contributed by atoms with E-state index in [1.165, 1.54) is 22.5 Å². The Bertz CT molecular complexity index is 1250. The van der Waals surface area contributed by atoms with Crippen molar-refractivity contribution in [1.82, 2.24) is 9.29 Å². The molecule has 0 aliphatic carbocycles. The van der Waals surface area contributed by atoms with Gasteiger partial charge in [-0.05, 0) is 56.2 Å². The van der Waals surface area contributed by atoms with Gasteiger partial charge in [0.15, 0.2) is 0 Å². The van der Waals surface area contributed by atoms with Crippen LogP contribution < -0.4 is 4.74 Å². The highest BCUT2D eigenvalue weighted by atomic mass is 32.2. The highest BCUT2D eigenvalue weighted by Gasteiger charge is 2.26. The van der Waals surface area contributed by atoms with Crippen molar-refractivity contribution in [3.8, 4) is 17.0 Å². The lowest BCUT2D eigenvalue weighted by Crippen LogP contribution is -2.31. The molecule has 1 saturated heterocycles. The number of carboxylic acids is 1. The molecule has 32 heavy (non-hydrogen) atoms. The molecule has 0 spiro atoms. The van der Waals surface area contributed by atoms with E-state index in [0.717, 1.165) is 31.2 Å². The maximum Gasteiger partial charge on any atom is 0.336 e. The molecule has 0 amide bonds. The Kier molecular flexibility index (Phi) is 6.43. The van der Waals surface area contributed by atoms with Crippen LogP contribution >= 0.6 is 0 Å². The van der Waals surface area contributed by atoms with Crippen LogP contribution in [0.2, 0.25) is 0 Å². The first-order chi connectivity index (χ1) is 15.4. The second-order valence-electron chi connectivity index (χ2n) is 7.82. The molecule has 1 aliphatic heterocycles. The number of aromatic nitrogens is 1. The largest absolute Gasteiger partial charge is 0.494 e. The van der Waals surface area contributed by atoms with E-state index in [2.05, 4.69) is 4.98 Å². The third-order valence-electron chi connectivity index (χ3n) is 5.65. The summed E-state index contributed by atoms with van der Waals surface area (Å²) in [5.74, 6) is -0.466. The van der Waals surface area contributed by atoms with Gasteiger partial charge in [0.05, 0.1) is 28.3 Å². The average Bonchev–Trinajstić information content (AvgIpc) is 3.08. The molecule has 3 aromatic rings. The predicted octanol–water partition coefficient (Wildman–Crippen LogP) is 4.56. The van der Waals surface area contributed by atoms with Crippen LogP contribution in [0.25, 0.3) is 22.2 Å². The number of hydrogen-bond acceptors (Lipinski definition) is 5. The third kappa shape index (κ3) is 4.47. The smallest absolute Gasteiger partial charge is 0.336 e. The second-order valence-corrected chi connectivity index (χ2v) is 9.76. The van der Waals surface area contributed by atoms with Crippen LogP contribution in [0.15, 0.2) is 53.4 Å². The van der Waals surface area contributed by atoms with Crippen molar-refractivity contribution in [1.29, 1.82) is 0 Å². The fourth-order valence-electron chi connectivity index (χ4n) is 4.03. The normalized spacial score (nSPS) is 15.4. The number of fused-ring (bicyclic) bond motifs is 1. The lowest BCUT2D eigenvalue weighted by molar-refractivity contribution is 0.0699. The topological polar surface area (TPSA) is 96.8 Å². The van der Waals surface area contributed by atoms with Crippen molar-refractivity contribution in [2.45, 2.75) is 37.5 Å². The molecule has 2 heterocycles. The fourth-order valence-corrected chi connectivity index (χ4v) is 5.58. The van der Waals surface area contributed by atoms with Gasteiger partial charge in [0, 0.05) is 24.0 Å². The number of ether oxygens (including phenoxy) is 1. The van der Waals surface area contributed by atoms with Crippen LogP contribution in [0.4, 0.5) is 0 Å². The molecule has 168 valence electrons. The minimum atomic E-state index is -3.70. The van der Waals surface area contributed by atoms with Gasteiger partial charge in [0.25, 0.3) is 0 Å². The SMILES string of the molecule is CCOc1cccc(-c2cc(C(=O)O)c3cc(S(=O)(=O)N4CCCCCC4)ccc3n2)c1.